The summed E-state index contributed by atoms with van der Waals surface area (Å²) >= 11 is 0. The van der Waals surface area contributed by atoms with Gasteiger partial charge in [-0.3, -0.25) is 9.59 Å². The van der Waals surface area contributed by atoms with Crippen LogP contribution in [0.25, 0.3) is 11.1 Å². The van der Waals surface area contributed by atoms with Gasteiger partial charge in [0.05, 0.1) is 5.92 Å². The summed E-state index contributed by atoms with van der Waals surface area (Å²) < 4.78 is 5.66. The summed E-state index contributed by atoms with van der Waals surface area (Å²) in [5.74, 6) is -1.07. The van der Waals surface area contributed by atoms with E-state index in [9.17, 15) is 19.5 Å². The van der Waals surface area contributed by atoms with Gasteiger partial charge < -0.3 is 20.5 Å². The Morgan fingerprint density at radius 1 is 0.943 bits per heavy atom. The third-order valence-electron chi connectivity index (χ3n) is 7.78. The quantitative estimate of drug-likeness (QED) is 0.500. The molecule has 0 heterocycles. The fraction of sp³-hybridized carbons (Fsp3) is 0.464. The van der Waals surface area contributed by atoms with Gasteiger partial charge in [-0.15, -0.1) is 0 Å². The second-order valence-electron chi connectivity index (χ2n) is 10.1. The first-order valence-corrected chi connectivity index (χ1v) is 12.6. The van der Waals surface area contributed by atoms with Gasteiger partial charge in [0.2, 0.25) is 5.91 Å². The van der Waals surface area contributed by atoms with Crippen LogP contribution < -0.4 is 10.6 Å². The lowest BCUT2D eigenvalue weighted by Crippen LogP contribution is -2.42. The number of hydrogen-bond acceptors (Lipinski definition) is 4. The molecule has 5 rings (SSSR count). The summed E-state index contributed by atoms with van der Waals surface area (Å²) in [5.41, 5.74) is 4.67. The zero-order valence-corrected chi connectivity index (χ0v) is 19.7. The van der Waals surface area contributed by atoms with Crippen LogP contribution >= 0.6 is 0 Å². The molecule has 2 aromatic rings. The number of alkyl carbamates (subject to hydrolysis) is 1. The minimum atomic E-state index is -0.783. The number of carbonyl (C=O) groups excluding carboxylic acids is 2. The molecule has 0 spiro atoms. The van der Waals surface area contributed by atoms with E-state index in [1.165, 1.54) is 11.1 Å². The molecule has 1 unspecified atom stereocenters. The molecule has 2 saturated carbocycles. The molecule has 2 fully saturated rings. The fourth-order valence-electron chi connectivity index (χ4n) is 5.75. The van der Waals surface area contributed by atoms with Gasteiger partial charge in [-0.1, -0.05) is 55.0 Å². The molecule has 0 radical (unpaired) electrons. The molecule has 35 heavy (non-hydrogen) atoms. The summed E-state index contributed by atoms with van der Waals surface area (Å²) in [4.78, 5) is 36.7. The number of benzene rings is 2. The van der Waals surface area contributed by atoms with Gasteiger partial charge in [-0.2, -0.15) is 0 Å². The van der Waals surface area contributed by atoms with Gasteiger partial charge in [0.1, 0.15) is 6.61 Å². The van der Waals surface area contributed by atoms with Crippen molar-refractivity contribution in [2.24, 2.45) is 17.8 Å². The van der Waals surface area contributed by atoms with Gasteiger partial charge in [0.15, 0.2) is 0 Å². The van der Waals surface area contributed by atoms with Gasteiger partial charge >= 0.3 is 12.1 Å². The lowest BCUT2D eigenvalue weighted by Gasteiger charge is -2.21. The van der Waals surface area contributed by atoms with Crippen molar-refractivity contribution in [2.45, 2.75) is 50.5 Å². The number of aliphatic carboxylic acids is 1. The molecule has 7 heteroatoms. The highest BCUT2D eigenvalue weighted by Crippen LogP contribution is 2.44. The van der Waals surface area contributed by atoms with Gasteiger partial charge in [-0.25, -0.2) is 4.79 Å². The van der Waals surface area contributed by atoms with Crippen LogP contribution in [0.1, 0.15) is 55.6 Å². The number of rotatable bonds is 9. The van der Waals surface area contributed by atoms with Crippen molar-refractivity contribution in [3.05, 3.63) is 59.7 Å². The van der Waals surface area contributed by atoms with E-state index >= 15 is 0 Å². The molecular formula is C28H32N2O5. The van der Waals surface area contributed by atoms with Crippen LogP contribution in [0.15, 0.2) is 48.5 Å². The number of carboxylic acid groups (broad SMARTS) is 1. The van der Waals surface area contributed by atoms with E-state index in [0.29, 0.717) is 13.0 Å². The molecule has 3 aliphatic carbocycles. The van der Waals surface area contributed by atoms with Crippen molar-refractivity contribution < 1.29 is 24.2 Å². The Morgan fingerprint density at radius 3 is 2.23 bits per heavy atom. The number of nitrogens with one attached hydrogen (secondary N) is 2. The number of fused-ring (bicyclic) bond motifs is 3. The standard InChI is InChI=1S/C28H32N2O5/c31-26(29-15-18-6-5-11-19(18)27(32)33)14-25(17-12-13-17)30-28(34)35-16-24-22-9-3-1-7-20(22)21-8-2-4-10-23(21)24/h1-4,7-10,17-19,24-25H,5-6,11-16H2,(H,29,31)(H,30,34)(H,32,33)/t18-,19-,25?/m1/s1. The summed E-state index contributed by atoms with van der Waals surface area (Å²) in [6.45, 7) is 0.611. The topological polar surface area (TPSA) is 105 Å². The number of hydrogen-bond donors (Lipinski definition) is 3. The Labute approximate surface area is 205 Å². The van der Waals surface area contributed by atoms with Crippen LogP contribution in [0.5, 0.6) is 0 Å². The van der Waals surface area contributed by atoms with Crippen LogP contribution in [-0.2, 0) is 14.3 Å². The van der Waals surface area contributed by atoms with Gasteiger partial charge in [-0.05, 0) is 59.8 Å². The number of carbonyl (C=O) groups is 3. The van der Waals surface area contributed by atoms with Crippen molar-refractivity contribution in [1.82, 2.24) is 10.6 Å². The Balaban J connectivity index is 1.14. The second kappa shape index (κ2) is 10.1. The molecule has 0 aromatic heterocycles. The zero-order chi connectivity index (χ0) is 24.4. The number of amides is 2. The molecule has 0 saturated heterocycles. The molecule has 7 nitrogen and oxygen atoms in total. The zero-order valence-electron chi connectivity index (χ0n) is 19.7. The summed E-state index contributed by atoms with van der Waals surface area (Å²) in [5, 5.41) is 15.2. The lowest BCUT2D eigenvalue weighted by atomic mass is 9.96. The maximum atomic E-state index is 12.7. The highest BCUT2D eigenvalue weighted by molar-refractivity contribution is 5.80. The molecule has 2 amide bonds. The predicted octanol–water partition coefficient (Wildman–Crippen LogP) is 4.31. The van der Waals surface area contributed by atoms with E-state index in [1.807, 2.05) is 24.3 Å². The average Bonchev–Trinajstić information content (AvgIpc) is 3.51. The molecule has 0 bridgehead atoms. The maximum Gasteiger partial charge on any atom is 0.407 e. The van der Waals surface area contributed by atoms with Crippen molar-refractivity contribution in [3.63, 3.8) is 0 Å². The normalized spacial score (nSPS) is 21.6. The van der Waals surface area contributed by atoms with Crippen molar-refractivity contribution in [3.8, 4) is 11.1 Å². The minimum absolute atomic E-state index is 0.00980. The predicted molar refractivity (Wildman–Crippen MR) is 131 cm³/mol. The summed E-state index contributed by atoms with van der Waals surface area (Å²) in [7, 11) is 0. The number of ether oxygens (including phenoxy) is 1. The molecular weight excluding hydrogens is 444 g/mol. The third kappa shape index (κ3) is 5.19. The molecule has 184 valence electrons. The van der Waals surface area contributed by atoms with Crippen molar-refractivity contribution >= 4 is 18.0 Å². The molecule has 0 aliphatic heterocycles. The van der Waals surface area contributed by atoms with Gasteiger partial charge in [0.25, 0.3) is 0 Å². The largest absolute Gasteiger partial charge is 0.481 e. The highest BCUT2D eigenvalue weighted by Gasteiger charge is 2.36. The minimum Gasteiger partial charge on any atom is -0.481 e. The monoisotopic (exact) mass is 476 g/mol. The Kier molecular flexibility index (Phi) is 6.75. The van der Waals surface area contributed by atoms with E-state index in [4.69, 9.17) is 4.74 Å². The smallest absolute Gasteiger partial charge is 0.407 e. The van der Waals surface area contributed by atoms with Gasteiger partial charge in [0, 0.05) is 24.9 Å². The Bertz CT molecular complexity index is 1070. The first-order chi connectivity index (χ1) is 17.0. The van der Waals surface area contributed by atoms with E-state index in [-0.39, 0.29) is 48.6 Å². The van der Waals surface area contributed by atoms with Crippen LogP contribution in [0.2, 0.25) is 0 Å². The second-order valence-corrected chi connectivity index (χ2v) is 10.1. The van der Waals surface area contributed by atoms with Crippen LogP contribution in [0, 0.1) is 17.8 Å². The van der Waals surface area contributed by atoms with Crippen LogP contribution in [0.4, 0.5) is 4.79 Å². The third-order valence-corrected chi connectivity index (χ3v) is 7.78. The summed E-state index contributed by atoms with van der Waals surface area (Å²) in [6, 6.07) is 16.1. The van der Waals surface area contributed by atoms with E-state index in [1.54, 1.807) is 0 Å². The Morgan fingerprint density at radius 2 is 1.60 bits per heavy atom. The van der Waals surface area contributed by atoms with Crippen LogP contribution in [0.3, 0.4) is 0 Å². The molecule has 3 aliphatic rings. The fourth-order valence-corrected chi connectivity index (χ4v) is 5.75. The lowest BCUT2D eigenvalue weighted by molar-refractivity contribution is -0.143. The maximum absolute atomic E-state index is 12.7. The van der Waals surface area contributed by atoms with Crippen molar-refractivity contribution in [2.75, 3.05) is 13.2 Å². The average molecular weight is 477 g/mol. The Hall–Kier alpha value is -3.35. The van der Waals surface area contributed by atoms with Crippen molar-refractivity contribution in [1.29, 1.82) is 0 Å². The van der Waals surface area contributed by atoms with Crippen LogP contribution in [-0.4, -0.2) is 42.3 Å². The van der Waals surface area contributed by atoms with E-state index < -0.39 is 12.1 Å². The molecule has 3 atom stereocenters. The molecule has 3 N–H and O–H groups in total. The first kappa shape index (κ1) is 23.4. The molecule has 2 aromatic carbocycles. The van der Waals surface area contributed by atoms with E-state index in [2.05, 4.69) is 34.9 Å². The first-order valence-electron chi connectivity index (χ1n) is 12.6. The SMILES string of the molecule is O=C(CC(NC(=O)OCC1c2ccccc2-c2ccccc21)C1CC1)NC[C@H]1CCC[C@H]1C(=O)O. The number of carboxylic acids is 1. The summed E-state index contributed by atoms with van der Waals surface area (Å²) in [6.07, 6.45) is 4.01. The highest BCUT2D eigenvalue weighted by atomic mass is 16.5. The van der Waals surface area contributed by atoms with E-state index in [0.717, 1.165) is 36.8 Å².